The predicted molar refractivity (Wildman–Crippen MR) is 57.6 cm³/mol. The standard InChI is InChI=1S/C11H20N2O2/c1-9-8-15-5-4-13(9)11(14)7-12-6-10-2-3-10/h9-10,12H,2-8H2,1H3/t9-/m1/s1. The first-order valence-electron chi connectivity index (χ1n) is 5.85. The zero-order valence-electron chi connectivity index (χ0n) is 9.37. The number of morpholine rings is 1. The Morgan fingerprint density at radius 3 is 3.00 bits per heavy atom. The van der Waals surface area contributed by atoms with Crippen LogP contribution in [0.2, 0.25) is 0 Å². The van der Waals surface area contributed by atoms with Crippen LogP contribution in [-0.4, -0.2) is 49.7 Å². The van der Waals surface area contributed by atoms with Gasteiger partial charge in [0.15, 0.2) is 0 Å². The van der Waals surface area contributed by atoms with Gasteiger partial charge in [0.1, 0.15) is 0 Å². The van der Waals surface area contributed by atoms with E-state index in [0.717, 1.165) is 19.0 Å². The minimum Gasteiger partial charge on any atom is -0.377 e. The van der Waals surface area contributed by atoms with E-state index in [1.807, 2.05) is 11.8 Å². The van der Waals surface area contributed by atoms with Gasteiger partial charge in [-0.15, -0.1) is 0 Å². The third kappa shape index (κ3) is 3.18. The van der Waals surface area contributed by atoms with Crippen LogP contribution in [-0.2, 0) is 9.53 Å². The van der Waals surface area contributed by atoms with Gasteiger partial charge in [0.2, 0.25) is 5.91 Å². The van der Waals surface area contributed by atoms with E-state index in [0.29, 0.717) is 19.8 Å². The maximum absolute atomic E-state index is 11.8. The van der Waals surface area contributed by atoms with Gasteiger partial charge < -0.3 is 15.0 Å². The average Bonchev–Trinajstić information content (AvgIpc) is 3.02. The topological polar surface area (TPSA) is 41.6 Å². The molecule has 2 aliphatic rings. The number of rotatable bonds is 4. The van der Waals surface area contributed by atoms with Crippen molar-refractivity contribution in [3.05, 3.63) is 0 Å². The van der Waals surface area contributed by atoms with Crippen molar-refractivity contribution in [2.24, 2.45) is 5.92 Å². The maximum atomic E-state index is 11.8. The lowest BCUT2D eigenvalue weighted by atomic mass is 10.2. The van der Waals surface area contributed by atoms with Crippen LogP contribution in [0.4, 0.5) is 0 Å². The number of carbonyl (C=O) groups is 1. The van der Waals surface area contributed by atoms with Gasteiger partial charge in [-0.25, -0.2) is 0 Å². The SMILES string of the molecule is C[C@@H]1COCCN1C(=O)CNCC1CC1. The van der Waals surface area contributed by atoms with Crippen LogP contribution in [0.3, 0.4) is 0 Å². The molecule has 1 aliphatic carbocycles. The third-order valence-electron chi connectivity index (χ3n) is 3.09. The molecule has 1 saturated carbocycles. The summed E-state index contributed by atoms with van der Waals surface area (Å²) in [5.41, 5.74) is 0. The van der Waals surface area contributed by atoms with Crippen molar-refractivity contribution in [1.82, 2.24) is 10.2 Å². The normalized spacial score (nSPS) is 26.7. The molecule has 1 saturated heterocycles. The Morgan fingerprint density at radius 2 is 2.33 bits per heavy atom. The van der Waals surface area contributed by atoms with Crippen molar-refractivity contribution in [2.75, 3.05) is 32.8 Å². The molecule has 0 bridgehead atoms. The molecule has 0 aromatic heterocycles. The minimum absolute atomic E-state index is 0.214. The molecule has 4 heteroatoms. The summed E-state index contributed by atoms with van der Waals surface area (Å²) in [6, 6.07) is 0.231. The Balaban J connectivity index is 1.68. The number of carbonyl (C=O) groups excluding carboxylic acids is 1. The molecular weight excluding hydrogens is 192 g/mol. The summed E-state index contributed by atoms with van der Waals surface area (Å²) in [7, 11) is 0. The summed E-state index contributed by atoms with van der Waals surface area (Å²) >= 11 is 0. The molecule has 86 valence electrons. The Bertz CT molecular complexity index is 229. The molecule has 0 unspecified atom stereocenters. The lowest BCUT2D eigenvalue weighted by Gasteiger charge is -2.33. The van der Waals surface area contributed by atoms with Crippen LogP contribution in [0.5, 0.6) is 0 Å². The molecule has 1 aliphatic heterocycles. The summed E-state index contributed by atoms with van der Waals surface area (Å²) in [6.45, 7) is 5.63. The summed E-state index contributed by atoms with van der Waals surface area (Å²) in [5.74, 6) is 1.05. The van der Waals surface area contributed by atoms with E-state index in [1.54, 1.807) is 0 Å². The fraction of sp³-hybridized carbons (Fsp3) is 0.909. The van der Waals surface area contributed by atoms with Gasteiger partial charge in [-0.05, 0) is 32.2 Å². The van der Waals surface area contributed by atoms with E-state index in [2.05, 4.69) is 5.32 Å². The summed E-state index contributed by atoms with van der Waals surface area (Å²) < 4.78 is 5.30. The number of nitrogens with one attached hydrogen (secondary N) is 1. The number of ether oxygens (including phenoxy) is 1. The van der Waals surface area contributed by atoms with E-state index >= 15 is 0 Å². The largest absolute Gasteiger partial charge is 0.377 e. The van der Waals surface area contributed by atoms with Crippen LogP contribution < -0.4 is 5.32 Å². The molecule has 0 aromatic rings. The highest BCUT2D eigenvalue weighted by Crippen LogP contribution is 2.27. The maximum Gasteiger partial charge on any atom is 0.236 e. The Morgan fingerprint density at radius 1 is 1.53 bits per heavy atom. The molecule has 1 N–H and O–H groups in total. The smallest absolute Gasteiger partial charge is 0.236 e. The van der Waals surface area contributed by atoms with Crippen molar-refractivity contribution >= 4 is 5.91 Å². The van der Waals surface area contributed by atoms with E-state index in [1.165, 1.54) is 12.8 Å². The van der Waals surface area contributed by atoms with Gasteiger partial charge in [-0.1, -0.05) is 0 Å². The lowest BCUT2D eigenvalue weighted by Crippen LogP contribution is -2.50. The first-order valence-corrected chi connectivity index (χ1v) is 5.85. The molecule has 0 spiro atoms. The molecule has 4 nitrogen and oxygen atoms in total. The van der Waals surface area contributed by atoms with E-state index < -0.39 is 0 Å². The van der Waals surface area contributed by atoms with Gasteiger partial charge in [-0.3, -0.25) is 4.79 Å². The van der Waals surface area contributed by atoms with E-state index in [9.17, 15) is 4.79 Å². The van der Waals surface area contributed by atoms with Crippen LogP contribution in [0.25, 0.3) is 0 Å². The van der Waals surface area contributed by atoms with Crippen LogP contribution in [0, 0.1) is 5.92 Å². The Labute approximate surface area is 91.0 Å². The second kappa shape index (κ2) is 4.94. The zero-order valence-corrected chi connectivity index (χ0v) is 9.37. The van der Waals surface area contributed by atoms with Gasteiger partial charge in [0.25, 0.3) is 0 Å². The summed E-state index contributed by atoms with van der Waals surface area (Å²) in [4.78, 5) is 13.7. The highest BCUT2D eigenvalue weighted by molar-refractivity contribution is 5.78. The summed E-state index contributed by atoms with van der Waals surface area (Å²) in [6.07, 6.45) is 2.66. The number of amides is 1. The number of hydrogen-bond acceptors (Lipinski definition) is 3. The Kier molecular flexibility index (Phi) is 3.59. The quantitative estimate of drug-likeness (QED) is 0.725. The van der Waals surface area contributed by atoms with Gasteiger partial charge >= 0.3 is 0 Å². The minimum atomic E-state index is 0.214. The van der Waals surface area contributed by atoms with Crippen molar-refractivity contribution in [2.45, 2.75) is 25.8 Å². The molecule has 15 heavy (non-hydrogen) atoms. The lowest BCUT2D eigenvalue weighted by molar-refractivity contribution is -0.138. The molecule has 1 amide bonds. The summed E-state index contributed by atoms with van der Waals surface area (Å²) in [5, 5.41) is 3.23. The van der Waals surface area contributed by atoms with Crippen LogP contribution in [0.1, 0.15) is 19.8 Å². The van der Waals surface area contributed by atoms with Crippen LogP contribution >= 0.6 is 0 Å². The Hall–Kier alpha value is -0.610. The molecule has 1 heterocycles. The molecule has 0 radical (unpaired) electrons. The first kappa shape index (κ1) is 10.9. The highest BCUT2D eigenvalue weighted by Gasteiger charge is 2.24. The van der Waals surface area contributed by atoms with Crippen molar-refractivity contribution in [3.8, 4) is 0 Å². The second-order valence-electron chi connectivity index (χ2n) is 4.59. The van der Waals surface area contributed by atoms with Crippen LogP contribution in [0.15, 0.2) is 0 Å². The molecule has 0 aromatic carbocycles. The number of nitrogens with zero attached hydrogens (tertiary/aromatic N) is 1. The molecule has 2 fully saturated rings. The predicted octanol–water partition coefficient (Wildman–Crippen LogP) is 0.233. The highest BCUT2D eigenvalue weighted by atomic mass is 16.5. The van der Waals surface area contributed by atoms with Gasteiger partial charge in [0, 0.05) is 6.54 Å². The fourth-order valence-corrected chi connectivity index (χ4v) is 1.90. The van der Waals surface area contributed by atoms with Crippen molar-refractivity contribution in [1.29, 1.82) is 0 Å². The third-order valence-corrected chi connectivity index (χ3v) is 3.09. The number of hydrogen-bond donors (Lipinski definition) is 1. The van der Waals surface area contributed by atoms with E-state index in [4.69, 9.17) is 4.74 Å². The van der Waals surface area contributed by atoms with Gasteiger partial charge in [0.05, 0.1) is 25.8 Å². The first-order chi connectivity index (χ1) is 7.27. The monoisotopic (exact) mass is 212 g/mol. The van der Waals surface area contributed by atoms with Gasteiger partial charge in [-0.2, -0.15) is 0 Å². The molecule has 1 atom stereocenters. The molecule has 2 rings (SSSR count). The molecular formula is C11H20N2O2. The van der Waals surface area contributed by atoms with Crippen molar-refractivity contribution in [3.63, 3.8) is 0 Å². The zero-order chi connectivity index (χ0) is 10.7. The van der Waals surface area contributed by atoms with E-state index in [-0.39, 0.29) is 11.9 Å². The average molecular weight is 212 g/mol. The fourth-order valence-electron chi connectivity index (χ4n) is 1.90. The second-order valence-corrected chi connectivity index (χ2v) is 4.59. The van der Waals surface area contributed by atoms with Crippen molar-refractivity contribution < 1.29 is 9.53 Å².